The van der Waals surface area contributed by atoms with Gasteiger partial charge in [-0.05, 0) is 66.7 Å². The van der Waals surface area contributed by atoms with Crippen LogP contribution in [0.4, 0.5) is 0 Å². The molecule has 0 radical (unpaired) electrons. The minimum atomic E-state index is 0.0766. The maximum absolute atomic E-state index is 12.7. The molecule has 0 N–H and O–H groups in total. The zero-order valence-electron chi connectivity index (χ0n) is 11.6. The van der Waals surface area contributed by atoms with Crippen LogP contribution in [0.15, 0.2) is 22.7 Å². The molecule has 0 aromatic heterocycles. The Labute approximate surface area is 123 Å². The lowest BCUT2D eigenvalue weighted by Gasteiger charge is -2.27. The van der Waals surface area contributed by atoms with Gasteiger partial charge in [0, 0.05) is 17.1 Å². The molecule has 19 heavy (non-hydrogen) atoms. The van der Waals surface area contributed by atoms with Gasteiger partial charge in [0.25, 0.3) is 5.91 Å². The first-order chi connectivity index (χ1) is 9.02. The number of carbonyl (C=O) groups excluding carboxylic acids is 1. The number of hydrogen-bond donors (Lipinski definition) is 0. The van der Waals surface area contributed by atoms with Crippen molar-refractivity contribution in [2.75, 3.05) is 13.7 Å². The Morgan fingerprint density at radius 2 is 2.16 bits per heavy atom. The van der Waals surface area contributed by atoms with E-state index in [1.165, 1.54) is 12.8 Å². The second-order valence-corrected chi connectivity index (χ2v) is 6.19. The van der Waals surface area contributed by atoms with Gasteiger partial charge >= 0.3 is 0 Å². The summed E-state index contributed by atoms with van der Waals surface area (Å²) in [6, 6.07) is 5.73. The van der Waals surface area contributed by atoms with Crippen molar-refractivity contribution >= 4 is 21.8 Å². The first kappa shape index (κ1) is 14.4. The van der Waals surface area contributed by atoms with Gasteiger partial charge in [0.2, 0.25) is 0 Å². The van der Waals surface area contributed by atoms with Crippen LogP contribution >= 0.6 is 15.9 Å². The predicted molar refractivity (Wildman–Crippen MR) is 79.6 cm³/mol. The molecule has 1 aliphatic carbocycles. The van der Waals surface area contributed by atoms with E-state index in [1.54, 1.807) is 13.2 Å². The maximum atomic E-state index is 12.7. The highest BCUT2D eigenvalue weighted by atomic mass is 79.9. The van der Waals surface area contributed by atoms with Crippen LogP contribution < -0.4 is 4.74 Å². The van der Waals surface area contributed by atoms with Crippen LogP contribution in [0.2, 0.25) is 0 Å². The average molecular weight is 326 g/mol. The molecule has 2 rings (SSSR count). The van der Waals surface area contributed by atoms with E-state index in [0.29, 0.717) is 17.2 Å². The van der Waals surface area contributed by atoms with Crippen LogP contribution in [0.1, 0.15) is 37.0 Å². The molecule has 4 heteroatoms. The Bertz CT molecular complexity index is 469. The van der Waals surface area contributed by atoms with Crippen molar-refractivity contribution in [3.63, 3.8) is 0 Å². The minimum Gasteiger partial charge on any atom is -0.497 e. The zero-order valence-corrected chi connectivity index (χ0v) is 13.2. The Kier molecular flexibility index (Phi) is 4.50. The van der Waals surface area contributed by atoms with Gasteiger partial charge < -0.3 is 9.64 Å². The number of rotatable bonds is 5. The zero-order chi connectivity index (χ0) is 14.0. The summed E-state index contributed by atoms with van der Waals surface area (Å²) in [7, 11) is 1.61. The van der Waals surface area contributed by atoms with Gasteiger partial charge in [-0.15, -0.1) is 0 Å². The monoisotopic (exact) mass is 325 g/mol. The predicted octanol–water partition coefficient (Wildman–Crippen LogP) is 3.72. The molecular weight excluding hydrogens is 306 g/mol. The fourth-order valence-electron chi connectivity index (χ4n) is 2.06. The summed E-state index contributed by atoms with van der Waals surface area (Å²) in [4.78, 5) is 14.6. The lowest BCUT2D eigenvalue weighted by molar-refractivity contribution is 0.0695. The van der Waals surface area contributed by atoms with E-state index >= 15 is 0 Å². The van der Waals surface area contributed by atoms with E-state index in [-0.39, 0.29) is 11.9 Å². The number of methoxy groups -OCH3 is 1. The van der Waals surface area contributed by atoms with Crippen LogP contribution in [0, 0.1) is 5.92 Å². The minimum absolute atomic E-state index is 0.0766. The van der Waals surface area contributed by atoms with Crippen LogP contribution in [0.5, 0.6) is 5.75 Å². The van der Waals surface area contributed by atoms with Gasteiger partial charge in [0.15, 0.2) is 0 Å². The third kappa shape index (κ3) is 3.50. The number of amides is 1. The first-order valence-electron chi connectivity index (χ1n) is 6.67. The standard InChI is InChI=1S/C15H20BrNO2/c1-10(2)17(9-11-4-5-11)15(18)13-8-12(19-3)6-7-14(13)16/h6-8,10-11H,4-5,9H2,1-3H3. The fourth-order valence-corrected chi connectivity index (χ4v) is 2.47. The highest BCUT2D eigenvalue weighted by Crippen LogP contribution is 2.32. The van der Waals surface area contributed by atoms with Crippen molar-refractivity contribution in [1.29, 1.82) is 0 Å². The second-order valence-electron chi connectivity index (χ2n) is 5.34. The topological polar surface area (TPSA) is 29.5 Å². The molecule has 1 aliphatic rings. The van der Waals surface area contributed by atoms with E-state index in [2.05, 4.69) is 29.8 Å². The smallest absolute Gasteiger partial charge is 0.255 e. The Morgan fingerprint density at radius 3 is 2.68 bits per heavy atom. The van der Waals surface area contributed by atoms with Crippen LogP contribution in [0.3, 0.4) is 0 Å². The molecule has 1 aromatic carbocycles. The van der Waals surface area contributed by atoms with Crippen molar-refractivity contribution < 1.29 is 9.53 Å². The third-order valence-electron chi connectivity index (χ3n) is 3.44. The van der Waals surface area contributed by atoms with Crippen LogP contribution in [-0.4, -0.2) is 30.5 Å². The van der Waals surface area contributed by atoms with E-state index in [9.17, 15) is 4.79 Å². The third-order valence-corrected chi connectivity index (χ3v) is 4.13. The molecule has 0 spiro atoms. The van der Waals surface area contributed by atoms with Gasteiger partial charge in [0.05, 0.1) is 12.7 Å². The Balaban J connectivity index is 2.24. The highest BCUT2D eigenvalue weighted by Gasteiger charge is 2.29. The molecule has 1 saturated carbocycles. The number of hydrogen-bond acceptors (Lipinski definition) is 2. The summed E-state index contributed by atoms with van der Waals surface area (Å²) in [5.74, 6) is 1.48. The number of halogens is 1. The lowest BCUT2D eigenvalue weighted by Crippen LogP contribution is -2.38. The molecular formula is C15H20BrNO2. The Morgan fingerprint density at radius 1 is 1.47 bits per heavy atom. The lowest BCUT2D eigenvalue weighted by atomic mass is 10.1. The maximum Gasteiger partial charge on any atom is 0.255 e. The van der Waals surface area contributed by atoms with E-state index in [4.69, 9.17) is 4.74 Å². The molecule has 0 aliphatic heterocycles. The number of carbonyl (C=O) groups is 1. The van der Waals surface area contributed by atoms with E-state index in [0.717, 1.165) is 11.0 Å². The quantitative estimate of drug-likeness (QED) is 0.825. The summed E-state index contributed by atoms with van der Waals surface area (Å²) in [5, 5.41) is 0. The van der Waals surface area contributed by atoms with Crippen LogP contribution in [0.25, 0.3) is 0 Å². The molecule has 0 saturated heterocycles. The van der Waals surface area contributed by atoms with Gasteiger partial charge in [-0.25, -0.2) is 0 Å². The summed E-state index contributed by atoms with van der Waals surface area (Å²) in [6.45, 7) is 4.99. The van der Waals surface area contributed by atoms with Crippen molar-refractivity contribution in [2.45, 2.75) is 32.7 Å². The second kappa shape index (κ2) is 5.95. The molecule has 0 bridgehead atoms. The fraction of sp³-hybridized carbons (Fsp3) is 0.533. The van der Waals surface area contributed by atoms with Crippen molar-refractivity contribution in [3.05, 3.63) is 28.2 Å². The SMILES string of the molecule is COc1ccc(Br)c(C(=O)N(CC2CC2)C(C)C)c1. The summed E-state index contributed by atoms with van der Waals surface area (Å²) < 4.78 is 6.02. The van der Waals surface area contributed by atoms with Gasteiger partial charge in [-0.2, -0.15) is 0 Å². The van der Waals surface area contributed by atoms with Crippen molar-refractivity contribution in [3.8, 4) is 5.75 Å². The first-order valence-corrected chi connectivity index (χ1v) is 7.46. The molecule has 1 amide bonds. The molecule has 104 valence electrons. The molecule has 0 atom stereocenters. The molecule has 0 heterocycles. The van der Waals surface area contributed by atoms with Gasteiger partial charge in [-0.1, -0.05) is 0 Å². The van der Waals surface area contributed by atoms with E-state index in [1.807, 2.05) is 17.0 Å². The number of ether oxygens (including phenoxy) is 1. The number of benzene rings is 1. The largest absolute Gasteiger partial charge is 0.497 e. The average Bonchev–Trinajstić information content (AvgIpc) is 3.19. The van der Waals surface area contributed by atoms with Crippen molar-refractivity contribution in [2.24, 2.45) is 5.92 Å². The normalized spacial score (nSPS) is 14.6. The van der Waals surface area contributed by atoms with Crippen molar-refractivity contribution in [1.82, 2.24) is 4.90 Å². The summed E-state index contributed by atoms with van der Waals surface area (Å²) >= 11 is 3.46. The summed E-state index contributed by atoms with van der Waals surface area (Å²) in [6.07, 6.45) is 2.49. The molecule has 3 nitrogen and oxygen atoms in total. The van der Waals surface area contributed by atoms with E-state index < -0.39 is 0 Å². The Hall–Kier alpha value is -1.03. The van der Waals surface area contributed by atoms with Gasteiger partial charge in [0.1, 0.15) is 5.75 Å². The molecule has 1 fully saturated rings. The van der Waals surface area contributed by atoms with Crippen LogP contribution in [-0.2, 0) is 0 Å². The van der Waals surface area contributed by atoms with Gasteiger partial charge in [-0.3, -0.25) is 4.79 Å². The highest BCUT2D eigenvalue weighted by molar-refractivity contribution is 9.10. The molecule has 1 aromatic rings. The summed E-state index contributed by atoms with van der Waals surface area (Å²) in [5.41, 5.74) is 0.675. The number of nitrogens with zero attached hydrogens (tertiary/aromatic N) is 1. The molecule has 0 unspecified atom stereocenters.